The predicted molar refractivity (Wildman–Crippen MR) is 120 cm³/mol. The zero-order chi connectivity index (χ0) is 19.6. The molecule has 0 saturated carbocycles. The Morgan fingerprint density at radius 2 is 1.29 bits per heavy atom. The molecule has 1 aliphatic carbocycles. The largest absolute Gasteiger partial charge is 0.0653 e. The molecule has 0 spiro atoms. The van der Waals surface area contributed by atoms with Crippen LogP contribution in [0.2, 0.25) is 0 Å². The number of aryl methyl sites for hydroxylation is 1. The zero-order valence-corrected chi connectivity index (χ0v) is 17.2. The van der Waals surface area contributed by atoms with Crippen LogP contribution in [-0.4, -0.2) is 0 Å². The smallest absolute Gasteiger partial charge is 0.0252 e. The molecule has 0 saturated heterocycles. The minimum absolute atomic E-state index is 0.130. The fourth-order valence-electron chi connectivity index (χ4n) is 4.87. The fourth-order valence-corrected chi connectivity index (χ4v) is 4.87. The molecule has 4 rings (SSSR count). The molecule has 1 aliphatic rings. The highest BCUT2D eigenvalue weighted by atomic mass is 14.4. The molecular formula is C28H28. The molecule has 140 valence electrons. The van der Waals surface area contributed by atoms with Crippen LogP contribution in [-0.2, 0) is 5.41 Å². The SMILES string of the molecule is CCCC1(CCC)c2cc(C)ccc2-c2ccc(C#Cc3ccccc3)cc21. The lowest BCUT2D eigenvalue weighted by atomic mass is 9.71. The highest BCUT2D eigenvalue weighted by Gasteiger charge is 2.41. The van der Waals surface area contributed by atoms with E-state index in [1.165, 1.54) is 53.5 Å². The van der Waals surface area contributed by atoms with E-state index in [9.17, 15) is 0 Å². The van der Waals surface area contributed by atoms with Crippen LogP contribution in [0.3, 0.4) is 0 Å². The summed E-state index contributed by atoms with van der Waals surface area (Å²) in [4.78, 5) is 0. The van der Waals surface area contributed by atoms with E-state index < -0.39 is 0 Å². The predicted octanol–water partition coefficient (Wildman–Crippen LogP) is 7.26. The van der Waals surface area contributed by atoms with Gasteiger partial charge in [0, 0.05) is 16.5 Å². The molecule has 0 N–H and O–H groups in total. The normalized spacial score (nSPS) is 13.4. The Labute approximate surface area is 169 Å². The molecule has 0 bridgehead atoms. The van der Waals surface area contributed by atoms with Crippen LogP contribution >= 0.6 is 0 Å². The second-order valence-corrected chi connectivity index (χ2v) is 8.01. The van der Waals surface area contributed by atoms with Gasteiger partial charge in [-0.15, -0.1) is 0 Å². The van der Waals surface area contributed by atoms with Crippen LogP contribution in [0.5, 0.6) is 0 Å². The number of hydrogen-bond donors (Lipinski definition) is 0. The van der Waals surface area contributed by atoms with E-state index in [-0.39, 0.29) is 5.41 Å². The van der Waals surface area contributed by atoms with E-state index in [1.807, 2.05) is 18.2 Å². The van der Waals surface area contributed by atoms with E-state index in [2.05, 4.69) is 81.1 Å². The van der Waals surface area contributed by atoms with Gasteiger partial charge in [0.2, 0.25) is 0 Å². The Balaban J connectivity index is 1.86. The molecule has 3 aromatic carbocycles. The molecule has 0 amide bonds. The summed E-state index contributed by atoms with van der Waals surface area (Å²) in [5.74, 6) is 6.72. The zero-order valence-electron chi connectivity index (χ0n) is 17.2. The summed E-state index contributed by atoms with van der Waals surface area (Å²) in [5.41, 5.74) is 9.50. The first kappa shape index (κ1) is 18.6. The standard InChI is InChI=1S/C28H28/c1-4-17-28(18-5-2)26-19-21(3)11-15-24(26)25-16-14-23(20-27(25)28)13-12-22-9-7-6-8-10-22/h6-11,14-16,19-20H,4-5,17-18H2,1-3H3. The summed E-state index contributed by atoms with van der Waals surface area (Å²) in [6.45, 7) is 6.83. The van der Waals surface area contributed by atoms with E-state index in [0.717, 1.165) is 11.1 Å². The highest BCUT2D eigenvalue weighted by Crippen LogP contribution is 2.54. The minimum atomic E-state index is 0.130. The Morgan fingerprint density at radius 1 is 0.679 bits per heavy atom. The van der Waals surface area contributed by atoms with Gasteiger partial charge in [0.05, 0.1) is 0 Å². The van der Waals surface area contributed by atoms with E-state index >= 15 is 0 Å². The lowest BCUT2D eigenvalue weighted by Crippen LogP contribution is -2.25. The summed E-state index contributed by atoms with van der Waals surface area (Å²) in [5, 5.41) is 0. The summed E-state index contributed by atoms with van der Waals surface area (Å²) in [7, 11) is 0. The fraction of sp³-hybridized carbons (Fsp3) is 0.286. The first-order chi connectivity index (χ1) is 13.7. The monoisotopic (exact) mass is 364 g/mol. The molecule has 28 heavy (non-hydrogen) atoms. The Bertz CT molecular complexity index is 1040. The van der Waals surface area contributed by atoms with Crippen LogP contribution in [0.25, 0.3) is 11.1 Å². The molecule has 0 heteroatoms. The van der Waals surface area contributed by atoms with Crippen molar-refractivity contribution in [3.8, 4) is 23.0 Å². The van der Waals surface area contributed by atoms with Crippen molar-refractivity contribution in [2.45, 2.75) is 51.9 Å². The second-order valence-electron chi connectivity index (χ2n) is 8.01. The summed E-state index contributed by atoms with van der Waals surface area (Å²) in [6.07, 6.45) is 4.76. The number of benzene rings is 3. The van der Waals surface area contributed by atoms with E-state index in [4.69, 9.17) is 0 Å². The van der Waals surface area contributed by atoms with Crippen molar-refractivity contribution >= 4 is 0 Å². The minimum Gasteiger partial charge on any atom is -0.0653 e. The third-order valence-corrected chi connectivity index (χ3v) is 5.99. The van der Waals surface area contributed by atoms with Crippen molar-refractivity contribution in [2.24, 2.45) is 0 Å². The number of hydrogen-bond acceptors (Lipinski definition) is 0. The van der Waals surface area contributed by atoms with Crippen molar-refractivity contribution in [3.63, 3.8) is 0 Å². The first-order valence-corrected chi connectivity index (χ1v) is 10.5. The molecule has 3 aromatic rings. The van der Waals surface area contributed by atoms with Gasteiger partial charge in [-0.1, -0.05) is 86.6 Å². The molecule has 0 aliphatic heterocycles. The van der Waals surface area contributed by atoms with Gasteiger partial charge in [-0.05, 0) is 66.3 Å². The lowest BCUT2D eigenvalue weighted by molar-refractivity contribution is 0.435. The maximum absolute atomic E-state index is 3.40. The quantitative estimate of drug-likeness (QED) is 0.427. The van der Waals surface area contributed by atoms with Crippen molar-refractivity contribution in [1.29, 1.82) is 0 Å². The van der Waals surface area contributed by atoms with Crippen LogP contribution in [0.1, 0.15) is 67.3 Å². The maximum atomic E-state index is 3.40. The average Bonchev–Trinajstić information content (AvgIpc) is 2.97. The first-order valence-electron chi connectivity index (χ1n) is 10.5. The van der Waals surface area contributed by atoms with Crippen molar-refractivity contribution in [2.75, 3.05) is 0 Å². The van der Waals surface area contributed by atoms with Crippen molar-refractivity contribution in [3.05, 3.63) is 94.5 Å². The molecular weight excluding hydrogens is 336 g/mol. The summed E-state index contributed by atoms with van der Waals surface area (Å²) < 4.78 is 0. The van der Waals surface area contributed by atoms with Gasteiger partial charge in [-0.25, -0.2) is 0 Å². The Hall–Kier alpha value is -2.78. The van der Waals surface area contributed by atoms with Crippen LogP contribution in [0.15, 0.2) is 66.7 Å². The topological polar surface area (TPSA) is 0 Å². The van der Waals surface area contributed by atoms with Gasteiger partial charge in [0.1, 0.15) is 0 Å². The molecule has 0 atom stereocenters. The third kappa shape index (κ3) is 3.16. The molecule has 0 aromatic heterocycles. The van der Waals surface area contributed by atoms with Gasteiger partial charge in [0.25, 0.3) is 0 Å². The molecule has 0 radical (unpaired) electrons. The highest BCUT2D eigenvalue weighted by molar-refractivity contribution is 5.82. The van der Waals surface area contributed by atoms with Gasteiger partial charge < -0.3 is 0 Å². The Morgan fingerprint density at radius 3 is 1.96 bits per heavy atom. The molecule has 0 heterocycles. The molecule has 0 unspecified atom stereocenters. The van der Waals surface area contributed by atoms with Gasteiger partial charge >= 0.3 is 0 Å². The molecule has 0 fully saturated rings. The third-order valence-electron chi connectivity index (χ3n) is 5.99. The van der Waals surface area contributed by atoms with E-state index in [1.54, 1.807) is 0 Å². The average molecular weight is 365 g/mol. The Kier molecular flexibility index (Phi) is 5.10. The summed E-state index contributed by atoms with van der Waals surface area (Å²) >= 11 is 0. The van der Waals surface area contributed by atoms with Crippen LogP contribution in [0.4, 0.5) is 0 Å². The second kappa shape index (κ2) is 7.69. The number of fused-ring (bicyclic) bond motifs is 3. The number of rotatable bonds is 4. The van der Waals surface area contributed by atoms with E-state index in [0.29, 0.717) is 0 Å². The van der Waals surface area contributed by atoms with Gasteiger partial charge in [-0.2, -0.15) is 0 Å². The van der Waals surface area contributed by atoms with Crippen molar-refractivity contribution in [1.82, 2.24) is 0 Å². The van der Waals surface area contributed by atoms with Gasteiger partial charge in [0.15, 0.2) is 0 Å². The van der Waals surface area contributed by atoms with Crippen molar-refractivity contribution < 1.29 is 0 Å². The maximum Gasteiger partial charge on any atom is 0.0252 e. The summed E-state index contributed by atoms with van der Waals surface area (Å²) in [6, 6.07) is 24.1. The van der Waals surface area contributed by atoms with Crippen LogP contribution < -0.4 is 0 Å². The molecule has 0 nitrogen and oxygen atoms in total. The van der Waals surface area contributed by atoms with Gasteiger partial charge in [-0.3, -0.25) is 0 Å². The van der Waals surface area contributed by atoms with Crippen LogP contribution in [0, 0.1) is 18.8 Å². The lowest BCUT2D eigenvalue weighted by Gasteiger charge is -2.32.